The first kappa shape index (κ1) is 6.37. The maximum atomic E-state index is 8.22. The van der Waals surface area contributed by atoms with Gasteiger partial charge in [-0.25, -0.2) is 5.01 Å². The molecule has 0 atom stereocenters. The highest BCUT2D eigenvalue weighted by Crippen LogP contribution is 2.04. The minimum atomic E-state index is 1.02. The molecular weight excluding hydrogens is 114 g/mol. The van der Waals surface area contributed by atoms with Crippen molar-refractivity contribution in [3.8, 4) is 6.19 Å². The molecule has 1 saturated heterocycles. The second-order valence-corrected chi connectivity index (χ2v) is 2.27. The highest BCUT2D eigenvalue weighted by atomic mass is 15.5. The smallest absolute Gasteiger partial charge is 0.192 e. The van der Waals surface area contributed by atoms with Crippen LogP contribution in [0.2, 0.25) is 0 Å². The zero-order valence-electron chi connectivity index (χ0n) is 5.43. The maximum absolute atomic E-state index is 8.22. The zero-order chi connectivity index (χ0) is 6.53. The second-order valence-electron chi connectivity index (χ2n) is 2.27. The van der Waals surface area contributed by atoms with Crippen molar-refractivity contribution in [3.05, 3.63) is 0 Å². The standard InChI is InChI=1S/C6H11N3/c7-6-8-9-4-2-1-3-5-9/h8H,1-5H2. The second kappa shape index (κ2) is 3.31. The monoisotopic (exact) mass is 125 g/mol. The molecule has 0 saturated carbocycles. The molecule has 0 aromatic carbocycles. The van der Waals surface area contributed by atoms with Crippen LogP contribution in [0.3, 0.4) is 0 Å². The molecule has 9 heavy (non-hydrogen) atoms. The van der Waals surface area contributed by atoms with Gasteiger partial charge in [-0.05, 0) is 12.8 Å². The number of piperidine rings is 1. The molecule has 0 amide bonds. The summed E-state index contributed by atoms with van der Waals surface area (Å²) >= 11 is 0. The van der Waals surface area contributed by atoms with Crippen LogP contribution in [0.1, 0.15) is 19.3 Å². The molecule has 1 N–H and O–H groups in total. The van der Waals surface area contributed by atoms with Gasteiger partial charge in [-0.15, -0.1) is 0 Å². The number of nitrogens with zero attached hydrogens (tertiary/aromatic N) is 2. The molecule has 1 aliphatic rings. The predicted molar refractivity (Wildman–Crippen MR) is 34.2 cm³/mol. The van der Waals surface area contributed by atoms with Crippen molar-refractivity contribution in [1.82, 2.24) is 10.4 Å². The van der Waals surface area contributed by atoms with Crippen molar-refractivity contribution < 1.29 is 0 Å². The highest BCUT2D eigenvalue weighted by Gasteiger charge is 2.07. The lowest BCUT2D eigenvalue weighted by Crippen LogP contribution is -2.38. The van der Waals surface area contributed by atoms with Gasteiger partial charge in [0.1, 0.15) is 0 Å². The summed E-state index contributed by atoms with van der Waals surface area (Å²) in [7, 11) is 0. The largest absolute Gasteiger partial charge is 0.255 e. The van der Waals surface area contributed by atoms with Gasteiger partial charge >= 0.3 is 0 Å². The molecule has 1 rings (SSSR count). The zero-order valence-corrected chi connectivity index (χ0v) is 5.43. The quantitative estimate of drug-likeness (QED) is 0.408. The molecule has 1 aliphatic heterocycles. The average Bonchev–Trinajstić information content (AvgIpc) is 1.91. The lowest BCUT2D eigenvalue weighted by Gasteiger charge is -2.23. The average molecular weight is 125 g/mol. The fourth-order valence-corrected chi connectivity index (χ4v) is 1.08. The minimum absolute atomic E-state index is 1.02. The number of rotatable bonds is 1. The van der Waals surface area contributed by atoms with E-state index in [0.717, 1.165) is 13.1 Å². The number of nitrogens with one attached hydrogen (secondary N) is 1. The molecule has 0 aromatic heterocycles. The molecule has 3 nitrogen and oxygen atoms in total. The molecule has 1 fully saturated rings. The van der Waals surface area contributed by atoms with Crippen LogP contribution in [-0.2, 0) is 0 Å². The van der Waals surface area contributed by atoms with Crippen molar-refractivity contribution in [1.29, 1.82) is 5.26 Å². The van der Waals surface area contributed by atoms with Crippen LogP contribution in [0.4, 0.5) is 0 Å². The van der Waals surface area contributed by atoms with Crippen molar-refractivity contribution in [2.24, 2.45) is 0 Å². The van der Waals surface area contributed by atoms with Crippen LogP contribution >= 0.6 is 0 Å². The SMILES string of the molecule is N#CNN1CCCCC1. The van der Waals surface area contributed by atoms with Gasteiger partial charge in [0.05, 0.1) is 0 Å². The summed E-state index contributed by atoms with van der Waals surface area (Å²) in [5.74, 6) is 0. The first-order valence-electron chi connectivity index (χ1n) is 3.33. The van der Waals surface area contributed by atoms with E-state index in [1.807, 2.05) is 11.2 Å². The third kappa shape index (κ3) is 1.90. The number of hydrogen-bond donors (Lipinski definition) is 1. The van der Waals surface area contributed by atoms with E-state index in [1.54, 1.807) is 0 Å². The van der Waals surface area contributed by atoms with E-state index in [-0.39, 0.29) is 0 Å². The van der Waals surface area contributed by atoms with Gasteiger partial charge in [0.15, 0.2) is 6.19 Å². The lowest BCUT2D eigenvalue weighted by molar-refractivity contribution is 0.187. The molecule has 0 spiro atoms. The summed E-state index contributed by atoms with van der Waals surface area (Å²) in [5, 5.41) is 10.2. The Kier molecular flexibility index (Phi) is 2.34. The summed E-state index contributed by atoms with van der Waals surface area (Å²) in [4.78, 5) is 0. The first-order chi connectivity index (χ1) is 4.43. The van der Waals surface area contributed by atoms with Gasteiger partial charge in [-0.3, -0.25) is 5.43 Å². The summed E-state index contributed by atoms with van der Waals surface area (Å²) in [6, 6.07) is 0. The molecule has 50 valence electrons. The Morgan fingerprint density at radius 2 is 1.89 bits per heavy atom. The minimum Gasteiger partial charge on any atom is -0.255 e. The Balaban J connectivity index is 2.17. The fraction of sp³-hybridized carbons (Fsp3) is 0.833. The Bertz CT molecular complexity index is 110. The summed E-state index contributed by atoms with van der Waals surface area (Å²) in [6.45, 7) is 2.04. The van der Waals surface area contributed by atoms with Gasteiger partial charge in [-0.1, -0.05) is 6.42 Å². The van der Waals surface area contributed by atoms with Crippen molar-refractivity contribution in [2.75, 3.05) is 13.1 Å². The highest BCUT2D eigenvalue weighted by molar-refractivity contribution is 4.67. The Labute approximate surface area is 55.2 Å². The molecule has 0 aliphatic carbocycles. The third-order valence-electron chi connectivity index (χ3n) is 1.56. The molecule has 3 heteroatoms. The number of nitriles is 1. The van der Waals surface area contributed by atoms with Gasteiger partial charge in [0.25, 0.3) is 0 Å². The Morgan fingerprint density at radius 1 is 1.22 bits per heavy atom. The normalized spacial score (nSPS) is 20.8. The Hall–Kier alpha value is -0.750. The van der Waals surface area contributed by atoms with Crippen molar-refractivity contribution in [3.63, 3.8) is 0 Å². The Morgan fingerprint density at radius 3 is 2.44 bits per heavy atom. The summed E-state index contributed by atoms with van der Waals surface area (Å²) < 4.78 is 0. The van der Waals surface area contributed by atoms with E-state index < -0.39 is 0 Å². The van der Waals surface area contributed by atoms with Gasteiger partial charge in [-0.2, -0.15) is 5.26 Å². The third-order valence-corrected chi connectivity index (χ3v) is 1.56. The molecule has 0 bridgehead atoms. The topological polar surface area (TPSA) is 39.1 Å². The van der Waals surface area contributed by atoms with Crippen LogP contribution in [0.5, 0.6) is 0 Å². The van der Waals surface area contributed by atoms with E-state index in [4.69, 9.17) is 5.26 Å². The van der Waals surface area contributed by atoms with Crippen molar-refractivity contribution in [2.45, 2.75) is 19.3 Å². The van der Waals surface area contributed by atoms with Gasteiger partial charge < -0.3 is 0 Å². The fourth-order valence-electron chi connectivity index (χ4n) is 1.08. The molecular formula is C6H11N3. The van der Waals surface area contributed by atoms with Crippen molar-refractivity contribution >= 4 is 0 Å². The van der Waals surface area contributed by atoms with Crippen LogP contribution in [-0.4, -0.2) is 18.1 Å². The maximum Gasteiger partial charge on any atom is 0.192 e. The molecule has 0 aromatic rings. The molecule has 1 heterocycles. The van der Waals surface area contributed by atoms with Gasteiger partial charge in [0, 0.05) is 13.1 Å². The van der Waals surface area contributed by atoms with Crippen LogP contribution in [0.25, 0.3) is 0 Å². The van der Waals surface area contributed by atoms with Crippen LogP contribution in [0.15, 0.2) is 0 Å². The van der Waals surface area contributed by atoms with E-state index in [9.17, 15) is 0 Å². The lowest BCUT2D eigenvalue weighted by atomic mass is 10.2. The predicted octanol–water partition coefficient (Wildman–Crippen LogP) is 0.458. The summed E-state index contributed by atoms with van der Waals surface area (Å²) in [6.07, 6.45) is 5.66. The van der Waals surface area contributed by atoms with Gasteiger partial charge in [0.2, 0.25) is 0 Å². The van der Waals surface area contributed by atoms with Crippen LogP contribution < -0.4 is 5.43 Å². The molecule has 0 unspecified atom stereocenters. The summed E-state index contributed by atoms with van der Waals surface area (Å²) in [5.41, 5.74) is 2.62. The van der Waals surface area contributed by atoms with E-state index >= 15 is 0 Å². The van der Waals surface area contributed by atoms with E-state index in [0.29, 0.717) is 0 Å². The van der Waals surface area contributed by atoms with E-state index in [1.165, 1.54) is 19.3 Å². The first-order valence-corrected chi connectivity index (χ1v) is 3.33. The number of hydrogen-bond acceptors (Lipinski definition) is 3. The van der Waals surface area contributed by atoms with Crippen LogP contribution in [0, 0.1) is 11.5 Å². The van der Waals surface area contributed by atoms with E-state index in [2.05, 4.69) is 5.43 Å². The molecule has 0 radical (unpaired) electrons. The number of hydrazine groups is 1.